The molecule has 0 bridgehead atoms. The number of methoxy groups -OCH3 is 1. The van der Waals surface area contributed by atoms with Gasteiger partial charge < -0.3 is 24.8 Å². The zero-order valence-electron chi connectivity index (χ0n) is 20.7. The van der Waals surface area contributed by atoms with Gasteiger partial charge in [-0.15, -0.1) is 11.8 Å². The van der Waals surface area contributed by atoms with Crippen molar-refractivity contribution in [1.82, 2.24) is 10.2 Å². The molecule has 0 spiro atoms. The number of benzene rings is 2. The lowest BCUT2D eigenvalue weighted by Crippen LogP contribution is -2.45. The van der Waals surface area contributed by atoms with Crippen LogP contribution in [0.25, 0.3) is 4.91 Å². The van der Waals surface area contributed by atoms with E-state index in [1.54, 1.807) is 43.1 Å². The van der Waals surface area contributed by atoms with E-state index in [1.165, 1.54) is 15.4 Å². The van der Waals surface area contributed by atoms with Crippen LogP contribution in [0.3, 0.4) is 0 Å². The summed E-state index contributed by atoms with van der Waals surface area (Å²) in [7, 11) is 1.59. The second kappa shape index (κ2) is 12.8. The van der Waals surface area contributed by atoms with Gasteiger partial charge in [-0.05, 0) is 49.4 Å². The first kappa shape index (κ1) is 26.8. The van der Waals surface area contributed by atoms with Gasteiger partial charge in [-0.1, -0.05) is 35.9 Å². The monoisotopic (exact) mass is 498 g/mol. The summed E-state index contributed by atoms with van der Waals surface area (Å²) in [5, 5.41) is 13.2. The normalized spacial score (nSPS) is 17.2. The van der Waals surface area contributed by atoms with Crippen molar-refractivity contribution in [3.8, 4) is 5.75 Å². The fourth-order valence-corrected chi connectivity index (χ4v) is 4.89. The standard InChI is InChI=1S/C27H34N2O5S/c1-18(2)25(35-4)20-10-8-19(9-11-20)16-28-26(31)24-15-22(30)17-29(24)27(32)21-6-5-7-23(14-21)34-13-12-33-3/h5-11,14,22,24,30H,12-13,15-17H2,1-4H3,(H,28,31). The van der Waals surface area contributed by atoms with Gasteiger partial charge in [0.15, 0.2) is 0 Å². The Morgan fingerprint density at radius 1 is 1.11 bits per heavy atom. The lowest BCUT2D eigenvalue weighted by atomic mass is 10.1. The number of nitrogens with one attached hydrogen (secondary N) is 1. The molecule has 2 amide bonds. The smallest absolute Gasteiger partial charge is 0.254 e. The van der Waals surface area contributed by atoms with Crippen molar-refractivity contribution in [2.75, 3.05) is 33.1 Å². The van der Waals surface area contributed by atoms with Crippen LogP contribution in [0, 0.1) is 0 Å². The van der Waals surface area contributed by atoms with Crippen molar-refractivity contribution < 1.29 is 24.2 Å². The summed E-state index contributed by atoms with van der Waals surface area (Å²) in [6, 6.07) is 14.2. The topological polar surface area (TPSA) is 88.1 Å². The Labute approximate surface area is 211 Å². The SMILES string of the molecule is COCCOc1cccc(C(=O)N2CC(O)CC2C(=O)NCc2ccc(C(SC)=C(C)C)cc2)c1. The number of thioether (sulfide) groups is 1. The van der Waals surface area contributed by atoms with Crippen LogP contribution in [0.5, 0.6) is 5.75 Å². The lowest BCUT2D eigenvalue weighted by molar-refractivity contribution is -0.125. The molecule has 2 N–H and O–H groups in total. The van der Waals surface area contributed by atoms with Gasteiger partial charge >= 0.3 is 0 Å². The minimum Gasteiger partial charge on any atom is -0.491 e. The van der Waals surface area contributed by atoms with Gasteiger partial charge in [0.25, 0.3) is 5.91 Å². The molecule has 1 saturated heterocycles. The number of β-amino-alcohol motifs (C(OH)–C–C–N with tert-alkyl or cyclic N) is 1. The molecule has 1 heterocycles. The average molecular weight is 499 g/mol. The predicted molar refractivity (Wildman–Crippen MR) is 139 cm³/mol. The molecule has 2 aromatic carbocycles. The largest absolute Gasteiger partial charge is 0.491 e. The number of aliphatic hydroxyl groups excluding tert-OH is 1. The molecule has 0 aromatic heterocycles. The predicted octanol–water partition coefficient (Wildman–Crippen LogP) is 3.72. The van der Waals surface area contributed by atoms with Crippen LogP contribution in [0.4, 0.5) is 0 Å². The number of rotatable bonds is 10. The molecular formula is C27H34N2O5S. The van der Waals surface area contributed by atoms with Crippen LogP contribution >= 0.6 is 11.8 Å². The molecule has 0 radical (unpaired) electrons. The van der Waals surface area contributed by atoms with E-state index in [4.69, 9.17) is 9.47 Å². The maximum Gasteiger partial charge on any atom is 0.254 e. The van der Waals surface area contributed by atoms with E-state index in [9.17, 15) is 14.7 Å². The number of hydrogen-bond donors (Lipinski definition) is 2. The summed E-state index contributed by atoms with van der Waals surface area (Å²) < 4.78 is 10.6. The molecular weight excluding hydrogens is 464 g/mol. The number of allylic oxidation sites excluding steroid dienone is 1. The summed E-state index contributed by atoms with van der Waals surface area (Å²) in [4.78, 5) is 28.9. The molecule has 0 aliphatic carbocycles. The summed E-state index contributed by atoms with van der Waals surface area (Å²) in [6.45, 7) is 5.45. The highest BCUT2D eigenvalue weighted by Gasteiger charge is 2.39. The minimum atomic E-state index is -0.746. The van der Waals surface area contributed by atoms with Gasteiger partial charge in [0.1, 0.15) is 18.4 Å². The molecule has 1 aliphatic rings. The zero-order valence-corrected chi connectivity index (χ0v) is 21.6. The van der Waals surface area contributed by atoms with Crippen LogP contribution in [-0.2, 0) is 16.1 Å². The number of ether oxygens (including phenoxy) is 2. The number of likely N-dealkylation sites (tertiary alicyclic amines) is 1. The maximum absolute atomic E-state index is 13.2. The van der Waals surface area contributed by atoms with Gasteiger partial charge in [0.2, 0.25) is 5.91 Å². The van der Waals surface area contributed by atoms with Crippen LogP contribution in [0.1, 0.15) is 41.8 Å². The number of carbonyl (C=O) groups is 2. The molecule has 2 atom stereocenters. The van der Waals surface area contributed by atoms with E-state index in [-0.39, 0.29) is 24.8 Å². The molecule has 2 aromatic rings. The molecule has 0 saturated carbocycles. The van der Waals surface area contributed by atoms with Crippen LogP contribution in [0.2, 0.25) is 0 Å². The summed E-state index contributed by atoms with van der Waals surface area (Å²) in [6.07, 6.45) is 1.52. The molecule has 188 valence electrons. The van der Waals surface area contributed by atoms with E-state index < -0.39 is 12.1 Å². The van der Waals surface area contributed by atoms with Crippen molar-refractivity contribution in [1.29, 1.82) is 0 Å². The van der Waals surface area contributed by atoms with Crippen LogP contribution in [-0.4, -0.2) is 67.1 Å². The Kier molecular flexibility index (Phi) is 9.77. The molecule has 7 nitrogen and oxygen atoms in total. The van der Waals surface area contributed by atoms with E-state index in [2.05, 4.69) is 37.6 Å². The van der Waals surface area contributed by atoms with Gasteiger partial charge in [-0.25, -0.2) is 0 Å². The van der Waals surface area contributed by atoms with Crippen LogP contribution < -0.4 is 10.1 Å². The number of carbonyl (C=O) groups excluding carboxylic acids is 2. The highest BCUT2D eigenvalue weighted by atomic mass is 32.2. The van der Waals surface area contributed by atoms with Gasteiger partial charge in [0, 0.05) is 37.1 Å². The Bertz CT molecular complexity index is 1050. The second-order valence-corrected chi connectivity index (χ2v) is 9.50. The first-order valence-corrected chi connectivity index (χ1v) is 12.9. The molecule has 8 heteroatoms. The lowest BCUT2D eigenvalue weighted by Gasteiger charge is -2.24. The van der Waals surface area contributed by atoms with E-state index >= 15 is 0 Å². The number of amides is 2. The third kappa shape index (κ3) is 7.10. The second-order valence-electron chi connectivity index (χ2n) is 8.68. The summed E-state index contributed by atoms with van der Waals surface area (Å²) in [5.41, 5.74) is 3.78. The third-order valence-corrected chi connectivity index (χ3v) is 6.87. The molecule has 35 heavy (non-hydrogen) atoms. The van der Waals surface area contributed by atoms with E-state index in [0.717, 1.165) is 11.1 Å². The minimum absolute atomic E-state index is 0.112. The quantitative estimate of drug-likeness (QED) is 0.486. The molecule has 1 aliphatic heterocycles. The van der Waals surface area contributed by atoms with Crippen molar-refractivity contribution in [3.63, 3.8) is 0 Å². The Morgan fingerprint density at radius 3 is 2.51 bits per heavy atom. The summed E-state index contributed by atoms with van der Waals surface area (Å²) >= 11 is 1.71. The first-order valence-electron chi connectivity index (χ1n) is 11.6. The van der Waals surface area contributed by atoms with E-state index in [0.29, 0.717) is 31.1 Å². The average Bonchev–Trinajstić information content (AvgIpc) is 3.25. The highest BCUT2D eigenvalue weighted by Crippen LogP contribution is 2.29. The Hall–Kier alpha value is -2.81. The maximum atomic E-state index is 13.2. The van der Waals surface area contributed by atoms with Crippen molar-refractivity contribution in [3.05, 3.63) is 70.8 Å². The summed E-state index contributed by atoms with van der Waals surface area (Å²) in [5.74, 6) is -0.0371. The fourth-order valence-electron chi connectivity index (χ4n) is 4.11. The fraction of sp³-hybridized carbons (Fsp3) is 0.407. The Balaban J connectivity index is 1.64. The van der Waals surface area contributed by atoms with Crippen molar-refractivity contribution >= 4 is 28.5 Å². The number of aliphatic hydroxyl groups is 1. The Morgan fingerprint density at radius 2 is 1.86 bits per heavy atom. The number of hydrogen-bond acceptors (Lipinski definition) is 6. The molecule has 2 unspecified atom stereocenters. The van der Waals surface area contributed by atoms with Gasteiger partial charge in [0.05, 0.1) is 12.7 Å². The zero-order chi connectivity index (χ0) is 25.4. The molecule has 3 rings (SSSR count). The van der Waals surface area contributed by atoms with Crippen LogP contribution in [0.15, 0.2) is 54.1 Å². The van der Waals surface area contributed by atoms with E-state index in [1.807, 2.05) is 12.1 Å². The van der Waals surface area contributed by atoms with Crippen molar-refractivity contribution in [2.45, 2.75) is 39.0 Å². The third-order valence-electron chi connectivity index (χ3n) is 5.82. The van der Waals surface area contributed by atoms with Gasteiger partial charge in [-0.2, -0.15) is 0 Å². The number of nitrogens with zero attached hydrogens (tertiary/aromatic N) is 1. The van der Waals surface area contributed by atoms with Gasteiger partial charge in [-0.3, -0.25) is 9.59 Å². The first-order chi connectivity index (χ1) is 16.8. The van der Waals surface area contributed by atoms with Crippen molar-refractivity contribution in [2.24, 2.45) is 0 Å². The highest BCUT2D eigenvalue weighted by molar-refractivity contribution is 8.07. The molecule has 1 fully saturated rings.